The second-order valence-corrected chi connectivity index (χ2v) is 8.30. The maximum atomic E-state index is 12.9. The number of aliphatic hydroxyl groups is 2. The molecule has 4 rings (SSSR count). The largest absolute Gasteiger partial charge is 0.392 e. The first-order chi connectivity index (χ1) is 13.7. The highest BCUT2D eigenvalue weighted by Crippen LogP contribution is 2.35. The first-order valence-corrected chi connectivity index (χ1v) is 10.3. The van der Waals surface area contributed by atoms with E-state index in [0.29, 0.717) is 11.5 Å². The van der Waals surface area contributed by atoms with Gasteiger partial charge in [-0.1, -0.05) is 36.4 Å². The molecule has 0 unspecified atom stereocenters. The van der Waals surface area contributed by atoms with E-state index in [1.807, 2.05) is 6.07 Å². The van der Waals surface area contributed by atoms with E-state index in [9.17, 15) is 15.0 Å². The summed E-state index contributed by atoms with van der Waals surface area (Å²) in [5.74, 6) is 0.881. The van der Waals surface area contributed by atoms with Crippen LogP contribution in [0.4, 0.5) is 0 Å². The molecule has 28 heavy (non-hydrogen) atoms. The summed E-state index contributed by atoms with van der Waals surface area (Å²) in [6.45, 7) is 2.96. The first-order valence-electron chi connectivity index (χ1n) is 10.3. The van der Waals surface area contributed by atoms with E-state index in [0.717, 1.165) is 62.0 Å². The normalized spacial score (nSPS) is 20.5. The van der Waals surface area contributed by atoms with Gasteiger partial charge in [-0.15, -0.1) is 0 Å². The zero-order valence-corrected chi connectivity index (χ0v) is 16.3. The van der Waals surface area contributed by atoms with Gasteiger partial charge in [0.15, 0.2) is 5.78 Å². The lowest BCUT2D eigenvalue weighted by molar-refractivity contribution is 0.0895. The third-order valence-electron chi connectivity index (χ3n) is 6.44. The third kappa shape index (κ3) is 4.04. The van der Waals surface area contributed by atoms with Crippen LogP contribution < -0.4 is 0 Å². The zero-order valence-electron chi connectivity index (χ0n) is 16.3. The van der Waals surface area contributed by atoms with Gasteiger partial charge in [-0.05, 0) is 73.0 Å². The predicted molar refractivity (Wildman–Crippen MR) is 109 cm³/mol. The lowest BCUT2D eigenvalue weighted by atomic mass is 9.85. The third-order valence-corrected chi connectivity index (χ3v) is 6.44. The Kier molecular flexibility index (Phi) is 5.90. The van der Waals surface area contributed by atoms with Crippen molar-refractivity contribution in [2.75, 3.05) is 13.1 Å². The number of likely N-dealkylation sites (tertiary alicyclic amines) is 1. The molecule has 1 fully saturated rings. The fraction of sp³-hybridized carbons (Fsp3) is 0.458. The van der Waals surface area contributed by atoms with E-state index in [4.69, 9.17) is 0 Å². The SMILES string of the molecule is O=C1c2cc(CO)c(CO)cc2C[C@@H]1CC1CCN(Cc2ccccc2)CC1. The van der Waals surface area contributed by atoms with Crippen molar-refractivity contribution in [1.29, 1.82) is 0 Å². The summed E-state index contributed by atoms with van der Waals surface area (Å²) in [6.07, 6.45) is 4.03. The van der Waals surface area contributed by atoms with Crippen LogP contribution in [0.25, 0.3) is 0 Å². The molecule has 2 aromatic carbocycles. The Morgan fingerprint density at radius 1 is 0.964 bits per heavy atom. The van der Waals surface area contributed by atoms with Crippen molar-refractivity contribution < 1.29 is 15.0 Å². The van der Waals surface area contributed by atoms with Crippen molar-refractivity contribution in [2.45, 2.75) is 45.4 Å². The number of hydrogen-bond donors (Lipinski definition) is 2. The van der Waals surface area contributed by atoms with E-state index in [2.05, 4.69) is 35.2 Å². The van der Waals surface area contributed by atoms with Crippen LogP contribution in [-0.4, -0.2) is 34.0 Å². The number of benzene rings is 2. The summed E-state index contributed by atoms with van der Waals surface area (Å²) in [5.41, 5.74) is 4.57. The predicted octanol–water partition coefficient (Wildman–Crippen LogP) is 3.33. The Morgan fingerprint density at radius 2 is 1.64 bits per heavy atom. The number of fused-ring (bicyclic) bond motifs is 1. The van der Waals surface area contributed by atoms with Crippen molar-refractivity contribution >= 4 is 5.78 Å². The maximum absolute atomic E-state index is 12.9. The Morgan fingerprint density at radius 3 is 2.32 bits per heavy atom. The minimum absolute atomic E-state index is 0.0566. The Balaban J connectivity index is 1.34. The molecular weight excluding hydrogens is 350 g/mol. The van der Waals surface area contributed by atoms with Gasteiger partial charge in [0.1, 0.15) is 0 Å². The molecule has 1 saturated heterocycles. The summed E-state index contributed by atoms with van der Waals surface area (Å²) >= 11 is 0. The maximum Gasteiger partial charge on any atom is 0.166 e. The van der Waals surface area contributed by atoms with Gasteiger partial charge in [0.25, 0.3) is 0 Å². The molecule has 0 radical (unpaired) electrons. The topological polar surface area (TPSA) is 60.8 Å². The second kappa shape index (κ2) is 8.56. The van der Waals surface area contributed by atoms with Crippen LogP contribution in [-0.2, 0) is 26.2 Å². The van der Waals surface area contributed by atoms with Crippen LogP contribution in [0.5, 0.6) is 0 Å². The molecule has 2 N–H and O–H groups in total. The van der Waals surface area contributed by atoms with Crippen molar-refractivity contribution in [3.05, 3.63) is 70.3 Å². The fourth-order valence-corrected chi connectivity index (χ4v) is 4.83. The molecule has 0 spiro atoms. The molecule has 0 aromatic heterocycles. The van der Waals surface area contributed by atoms with Crippen LogP contribution in [0.3, 0.4) is 0 Å². The summed E-state index contributed by atoms with van der Waals surface area (Å²) in [7, 11) is 0. The number of carbonyl (C=O) groups excluding carboxylic acids is 1. The van der Waals surface area contributed by atoms with Crippen LogP contribution in [0.15, 0.2) is 42.5 Å². The molecule has 1 aliphatic heterocycles. The summed E-state index contributed by atoms with van der Waals surface area (Å²) in [5, 5.41) is 19.0. The molecule has 1 atom stereocenters. The van der Waals surface area contributed by atoms with Crippen LogP contribution in [0.1, 0.15) is 51.9 Å². The number of hydrogen-bond acceptors (Lipinski definition) is 4. The van der Waals surface area contributed by atoms with Crippen molar-refractivity contribution in [3.8, 4) is 0 Å². The number of aliphatic hydroxyl groups excluding tert-OH is 2. The van der Waals surface area contributed by atoms with Crippen LogP contribution in [0, 0.1) is 11.8 Å². The second-order valence-electron chi connectivity index (χ2n) is 8.30. The first kappa shape index (κ1) is 19.3. The smallest absolute Gasteiger partial charge is 0.166 e. The highest BCUT2D eigenvalue weighted by atomic mass is 16.3. The van der Waals surface area contributed by atoms with Gasteiger partial charge < -0.3 is 10.2 Å². The van der Waals surface area contributed by atoms with Gasteiger partial charge >= 0.3 is 0 Å². The van der Waals surface area contributed by atoms with Gasteiger partial charge in [-0.25, -0.2) is 0 Å². The van der Waals surface area contributed by atoms with Crippen molar-refractivity contribution in [2.24, 2.45) is 11.8 Å². The number of nitrogens with zero attached hydrogens (tertiary/aromatic N) is 1. The summed E-state index contributed by atoms with van der Waals surface area (Å²) in [4.78, 5) is 15.4. The van der Waals surface area contributed by atoms with Crippen molar-refractivity contribution in [1.82, 2.24) is 4.90 Å². The molecule has 0 amide bonds. The van der Waals surface area contributed by atoms with Gasteiger partial charge in [-0.3, -0.25) is 9.69 Å². The van der Waals surface area contributed by atoms with E-state index < -0.39 is 0 Å². The number of rotatable bonds is 6. The molecule has 4 heteroatoms. The van der Waals surface area contributed by atoms with E-state index in [-0.39, 0.29) is 24.9 Å². The van der Waals surface area contributed by atoms with Gasteiger partial charge in [0.2, 0.25) is 0 Å². The number of piperidine rings is 1. The van der Waals surface area contributed by atoms with Crippen molar-refractivity contribution in [3.63, 3.8) is 0 Å². The minimum atomic E-state index is -0.138. The molecule has 0 bridgehead atoms. The summed E-state index contributed by atoms with van der Waals surface area (Å²) < 4.78 is 0. The number of ketones is 1. The molecule has 4 nitrogen and oxygen atoms in total. The quantitative estimate of drug-likeness (QED) is 0.808. The fourth-order valence-electron chi connectivity index (χ4n) is 4.83. The zero-order chi connectivity index (χ0) is 19.5. The van der Waals surface area contributed by atoms with Gasteiger partial charge in [0, 0.05) is 18.0 Å². The molecule has 2 aliphatic rings. The lowest BCUT2D eigenvalue weighted by Crippen LogP contribution is -2.34. The monoisotopic (exact) mass is 379 g/mol. The van der Waals surface area contributed by atoms with Crippen LogP contribution >= 0.6 is 0 Å². The summed E-state index contributed by atoms with van der Waals surface area (Å²) in [6, 6.07) is 14.3. The lowest BCUT2D eigenvalue weighted by Gasteiger charge is -2.33. The standard InChI is InChI=1S/C24H29NO3/c26-15-21-12-19-11-20(24(28)23(19)13-22(21)16-27)10-17-6-8-25(9-7-17)14-18-4-2-1-3-5-18/h1-5,12-13,17,20,26-27H,6-11,14-16H2/t20-/m0/s1. The Labute approximate surface area is 166 Å². The average molecular weight is 380 g/mol. The number of Topliss-reactive ketones (excluding diaryl/α,β-unsaturated/α-hetero) is 1. The van der Waals surface area contributed by atoms with E-state index >= 15 is 0 Å². The molecule has 2 aromatic rings. The number of carbonyl (C=O) groups is 1. The van der Waals surface area contributed by atoms with Gasteiger partial charge in [0.05, 0.1) is 13.2 Å². The van der Waals surface area contributed by atoms with E-state index in [1.54, 1.807) is 6.07 Å². The van der Waals surface area contributed by atoms with Crippen LogP contribution in [0.2, 0.25) is 0 Å². The highest BCUT2D eigenvalue weighted by Gasteiger charge is 2.34. The molecule has 1 aliphatic carbocycles. The molecule has 0 saturated carbocycles. The van der Waals surface area contributed by atoms with Gasteiger partial charge in [-0.2, -0.15) is 0 Å². The highest BCUT2D eigenvalue weighted by molar-refractivity contribution is 6.02. The Bertz CT molecular complexity index is 825. The molecule has 1 heterocycles. The van der Waals surface area contributed by atoms with E-state index in [1.165, 1.54) is 5.56 Å². The minimum Gasteiger partial charge on any atom is -0.392 e. The average Bonchev–Trinajstić information content (AvgIpc) is 3.03. The molecular formula is C24H29NO3. The molecule has 148 valence electrons. The Hall–Kier alpha value is -2.01.